The predicted molar refractivity (Wildman–Crippen MR) is 64.6 cm³/mol. The Morgan fingerprint density at radius 2 is 2.24 bits per heavy atom. The fourth-order valence-corrected chi connectivity index (χ4v) is 1.71. The molecule has 0 radical (unpaired) electrons. The Bertz CT molecular complexity index is 493. The van der Waals surface area contributed by atoms with Crippen LogP contribution < -0.4 is 4.74 Å². The number of hydrogen-bond acceptors (Lipinski definition) is 4. The summed E-state index contributed by atoms with van der Waals surface area (Å²) in [6, 6.07) is 3.80. The van der Waals surface area contributed by atoms with E-state index >= 15 is 0 Å². The first-order valence-electron chi connectivity index (χ1n) is 5.59. The molecular weight excluding hydrogens is 216 g/mol. The van der Waals surface area contributed by atoms with Crippen LogP contribution in [0.5, 0.6) is 5.88 Å². The Morgan fingerprint density at radius 3 is 2.94 bits per heavy atom. The molecule has 2 aromatic heterocycles. The largest absolute Gasteiger partial charge is 0.480 e. The molecular formula is C12H16N4O. The number of methoxy groups -OCH3 is 1. The third kappa shape index (κ3) is 2.43. The number of rotatable bonds is 4. The minimum absolute atomic E-state index is 0.535. The van der Waals surface area contributed by atoms with E-state index < -0.39 is 0 Å². The molecule has 0 amide bonds. The van der Waals surface area contributed by atoms with Crippen LogP contribution >= 0.6 is 0 Å². The highest BCUT2D eigenvalue weighted by Crippen LogP contribution is 2.25. The van der Waals surface area contributed by atoms with Crippen LogP contribution in [0.3, 0.4) is 0 Å². The Morgan fingerprint density at radius 1 is 1.41 bits per heavy atom. The van der Waals surface area contributed by atoms with E-state index in [4.69, 9.17) is 4.74 Å². The van der Waals surface area contributed by atoms with Crippen molar-refractivity contribution in [1.82, 2.24) is 19.7 Å². The summed E-state index contributed by atoms with van der Waals surface area (Å²) in [7, 11) is 1.61. The van der Waals surface area contributed by atoms with E-state index in [9.17, 15) is 0 Å². The summed E-state index contributed by atoms with van der Waals surface area (Å²) in [5.74, 6) is 1.90. The third-order valence-corrected chi connectivity index (χ3v) is 2.38. The van der Waals surface area contributed by atoms with Crippen molar-refractivity contribution in [3.63, 3.8) is 0 Å². The van der Waals surface area contributed by atoms with Crippen LogP contribution in [0.1, 0.15) is 13.8 Å². The van der Waals surface area contributed by atoms with Crippen LogP contribution in [0, 0.1) is 5.92 Å². The number of hydrogen-bond donors (Lipinski definition) is 0. The molecule has 2 aromatic rings. The standard InChI is InChI=1S/C12H16N4O/c1-9(2)7-16-8-14-15-11(16)10-5-4-6-13-12(10)17-3/h4-6,8-9H,7H2,1-3H3. The quantitative estimate of drug-likeness (QED) is 0.809. The number of aromatic nitrogens is 4. The molecule has 17 heavy (non-hydrogen) atoms. The van der Waals surface area contributed by atoms with E-state index in [1.54, 1.807) is 19.6 Å². The van der Waals surface area contributed by atoms with Crippen LogP contribution in [0.2, 0.25) is 0 Å². The molecule has 0 bridgehead atoms. The highest BCUT2D eigenvalue weighted by Gasteiger charge is 2.13. The molecule has 2 rings (SSSR count). The molecule has 0 fully saturated rings. The molecule has 0 spiro atoms. The average Bonchev–Trinajstić information content (AvgIpc) is 2.76. The molecule has 0 atom stereocenters. The predicted octanol–water partition coefficient (Wildman–Crippen LogP) is 2.00. The molecule has 0 unspecified atom stereocenters. The summed E-state index contributed by atoms with van der Waals surface area (Å²) in [5.41, 5.74) is 0.869. The van der Waals surface area contributed by atoms with Crippen LogP contribution in [-0.4, -0.2) is 26.9 Å². The highest BCUT2D eigenvalue weighted by atomic mass is 16.5. The van der Waals surface area contributed by atoms with Gasteiger partial charge in [-0.2, -0.15) is 0 Å². The van der Waals surface area contributed by atoms with Crippen molar-refractivity contribution in [3.05, 3.63) is 24.7 Å². The number of pyridine rings is 1. The highest BCUT2D eigenvalue weighted by molar-refractivity contribution is 5.61. The van der Waals surface area contributed by atoms with Gasteiger partial charge in [0.15, 0.2) is 5.82 Å². The van der Waals surface area contributed by atoms with Gasteiger partial charge in [-0.05, 0) is 18.1 Å². The third-order valence-electron chi connectivity index (χ3n) is 2.38. The molecule has 0 aliphatic rings. The number of nitrogens with zero attached hydrogens (tertiary/aromatic N) is 4. The van der Waals surface area contributed by atoms with Crippen LogP contribution in [-0.2, 0) is 6.54 Å². The Labute approximate surface area is 100 Å². The Kier molecular flexibility index (Phi) is 3.37. The van der Waals surface area contributed by atoms with Crippen LogP contribution in [0.4, 0.5) is 0 Å². The lowest BCUT2D eigenvalue weighted by Gasteiger charge is -2.10. The summed E-state index contributed by atoms with van der Waals surface area (Å²) >= 11 is 0. The van der Waals surface area contributed by atoms with E-state index in [0.29, 0.717) is 11.8 Å². The van der Waals surface area contributed by atoms with Crippen molar-refractivity contribution < 1.29 is 4.74 Å². The van der Waals surface area contributed by atoms with Gasteiger partial charge in [0.2, 0.25) is 5.88 Å². The minimum Gasteiger partial charge on any atom is -0.480 e. The molecule has 0 aliphatic carbocycles. The summed E-state index contributed by atoms with van der Waals surface area (Å²) in [6.45, 7) is 5.19. The lowest BCUT2D eigenvalue weighted by Crippen LogP contribution is -2.06. The zero-order valence-corrected chi connectivity index (χ0v) is 10.3. The van der Waals surface area contributed by atoms with Crippen molar-refractivity contribution >= 4 is 0 Å². The maximum atomic E-state index is 5.24. The van der Waals surface area contributed by atoms with E-state index in [1.165, 1.54) is 0 Å². The van der Waals surface area contributed by atoms with E-state index in [1.807, 2.05) is 16.7 Å². The Hall–Kier alpha value is -1.91. The van der Waals surface area contributed by atoms with Gasteiger partial charge in [0.25, 0.3) is 0 Å². The average molecular weight is 232 g/mol. The molecule has 0 aliphatic heterocycles. The zero-order chi connectivity index (χ0) is 12.3. The normalized spacial score (nSPS) is 10.8. The molecule has 5 heteroatoms. The zero-order valence-electron chi connectivity index (χ0n) is 10.3. The van der Waals surface area contributed by atoms with Crippen molar-refractivity contribution in [3.8, 4) is 17.3 Å². The SMILES string of the molecule is COc1ncccc1-c1nncn1CC(C)C. The smallest absolute Gasteiger partial charge is 0.224 e. The van der Waals surface area contributed by atoms with Gasteiger partial charge < -0.3 is 9.30 Å². The summed E-state index contributed by atoms with van der Waals surface area (Å²) in [4.78, 5) is 4.17. The first kappa shape index (κ1) is 11.6. The Balaban J connectivity index is 2.42. The second kappa shape index (κ2) is 4.95. The molecule has 2 heterocycles. The topological polar surface area (TPSA) is 52.8 Å². The molecule has 0 saturated heterocycles. The van der Waals surface area contributed by atoms with Crippen molar-refractivity contribution in [2.45, 2.75) is 20.4 Å². The van der Waals surface area contributed by atoms with Gasteiger partial charge in [0.05, 0.1) is 12.7 Å². The summed E-state index contributed by atoms with van der Waals surface area (Å²) < 4.78 is 7.25. The van der Waals surface area contributed by atoms with Crippen molar-refractivity contribution in [1.29, 1.82) is 0 Å². The second-order valence-corrected chi connectivity index (χ2v) is 4.26. The lowest BCUT2D eigenvalue weighted by atomic mass is 10.2. The summed E-state index contributed by atoms with van der Waals surface area (Å²) in [6.07, 6.45) is 3.44. The fourth-order valence-electron chi connectivity index (χ4n) is 1.71. The van der Waals surface area contributed by atoms with E-state index in [0.717, 1.165) is 17.9 Å². The lowest BCUT2D eigenvalue weighted by molar-refractivity contribution is 0.399. The van der Waals surface area contributed by atoms with Gasteiger partial charge in [-0.1, -0.05) is 13.8 Å². The maximum absolute atomic E-state index is 5.24. The van der Waals surface area contributed by atoms with Gasteiger partial charge in [-0.25, -0.2) is 4.98 Å². The fraction of sp³-hybridized carbons (Fsp3) is 0.417. The molecule has 0 N–H and O–H groups in total. The van der Waals surface area contributed by atoms with Crippen LogP contribution in [0.15, 0.2) is 24.7 Å². The van der Waals surface area contributed by atoms with Crippen molar-refractivity contribution in [2.24, 2.45) is 5.92 Å². The summed E-state index contributed by atoms with van der Waals surface area (Å²) in [5, 5.41) is 8.10. The van der Waals surface area contributed by atoms with Gasteiger partial charge in [0.1, 0.15) is 6.33 Å². The molecule has 90 valence electrons. The number of ether oxygens (including phenoxy) is 1. The van der Waals surface area contributed by atoms with Gasteiger partial charge >= 0.3 is 0 Å². The van der Waals surface area contributed by atoms with Gasteiger partial charge in [0, 0.05) is 12.7 Å². The first-order chi connectivity index (χ1) is 8.22. The van der Waals surface area contributed by atoms with Crippen LogP contribution in [0.25, 0.3) is 11.4 Å². The minimum atomic E-state index is 0.535. The maximum Gasteiger partial charge on any atom is 0.224 e. The monoisotopic (exact) mass is 232 g/mol. The van der Waals surface area contributed by atoms with E-state index in [-0.39, 0.29) is 0 Å². The molecule has 0 aromatic carbocycles. The van der Waals surface area contributed by atoms with Crippen molar-refractivity contribution in [2.75, 3.05) is 7.11 Å². The van der Waals surface area contributed by atoms with Gasteiger partial charge in [-0.15, -0.1) is 10.2 Å². The molecule has 0 saturated carbocycles. The van der Waals surface area contributed by atoms with E-state index in [2.05, 4.69) is 29.0 Å². The van der Waals surface area contributed by atoms with Gasteiger partial charge in [-0.3, -0.25) is 0 Å². The molecule has 5 nitrogen and oxygen atoms in total. The first-order valence-corrected chi connectivity index (χ1v) is 5.59. The second-order valence-electron chi connectivity index (χ2n) is 4.26.